The van der Waals surface area contributed by atoms with Crippen molar-refractivity contribution >= 4 is 17.6 Å². The van der Waals surface area contributed by atoms with E-state index >= 15 is 0 Å². The van der Waals surface area contributed by atoms with Crippen molar-refractivity contribution in [3.8, 4) is 0 Å². The second kappa shape index (κ2) is 5.14. The highest BCUT2D eigenvalue weighted by Gasteiger charge is 2.09. The molecule has 0 fully saturated rings. The summed E-state index contributed by atoms with van der Waals surface area (Å²) in [4.78, 5) is 10.4. The number of carbonyl (C=O) groups is 1. The molecule has 1 aromatic rings. The van der Waals surface area contributed by atoms with E-state index in [1.165, 1.54) is 0 Å². The number of carboxylic acids is 1. The van der Waals surface area contributed by atoms with Crippen LogP contribution in [0.2, 0.25) is 5.02 Å². The van der Waals surface area contributed by atoms with Gasteiger partial charge in [0.15, 0.2) is 0 Å². The molecule has 1 unspecified atom stereocenters. The minimum absolute atomic E-state index is 0.0122. The minimum Gasteiger partial charge on any atom is -0.481 e. The molecular weight excluding hydrogens is 214 g/mol. The lowest BCUT2D eigenvalue weighted by molar-refractivity contribution is -0.137. The van der Waals surface area contributed by atoms with Crippen LogP contribution in [0.1, 0.15) is 17.5 Å². The Morgan fingerprint density at radius 3 is 2.80 bits per heavy atom. The van der Waals surface area contributed by atoms with Crippen LogP contribution in [0.3, 0.4) is 0 Å². The molecule has 82 valence electrons. The van der Waals surface area contributed by atoms with Crippen molar-refractivity contribution in [1.29, 1.82) is 0 Å². The van der Waals surface area contributed by atoms with Crippen molar-refractivity contribution in [1.82, 2.24) is 0 Å². The summed E-state index contributed by atoms with van der Waals surface area (Å²) in [6, 6.07) is 5.27. The molecule has 15 heavy (non-hydrogen) atoms. The first kappa shape index (κ1) is 12.0. The van der Waals surface area contributed by atoms with E-state index in [1.54, 1.807) is 6.07 Å². The van der Waals surface area contributed by atoms with Crippen molar-refractivity contribution in [3.63, 3.8) is 0 Å². The molecule has 0 heterocycles. The molecule has 0 aliphatic carbocycles. The quantitative estimate of drug-likeness (QED) is 0.827. The summed E-state index contributed by atoms with van der Waals surface area (Å²) >= 11 is 5.88. The number of halogens is 1. The highest BCUT2D eigenvalue weighted by Crippen LogP contribution is 2.17. The molecule has 1 atom stereocenters. The maximum atomic E-state index is 10.4. The molecule has 0 bridgehead atoms. The van der Waals surface area contributed by atoms with Gasteiger partial charge >= 0.3 is 5.97 Å². The van der Waals surface area contributed by atoms with Crippen LogP contribution in [-0.2, 0) is 11.2 Å². The second-order valence-corrected chi connectivity index (χ2v) is 4.05. The Kier molecular flexibility index (Phi) is 4.12. The van der Waals surface area contributed by atoms with Gasteiger partial charge in [0.25, 0.3) is 0 Å². The maximum Gasteiger partial charge on any atom is 0.304 e. The third kappa shape index (κ3) is 3.90. The molecule has 3 nitrogen and oxygen atoms in total. The molecule has 0 saturated carbocycles. The molecule has 0 spiro atoms. The van der Waals surface area contributed by atoms with Gasteiger partial charge in [0.1, 0.15) is 0 Å². The summed E-state index contributed by atoms with van der Waals surface area (Å²) in [5.41, 5.74) is 7.68. The van der Waals surface area contributed by atoms with E-state index in [1.807, 2.05) is 19.1 Å². The number of carboxylic acid groups (broad SMARTS) is 1. The predicted molar refractivity (Wildman–Crippen MR) is 60.1 cm³/mol. The monoisotopic (exact) mass is 227 g/mol. The van der Waals surface area contributed by atoms with Crippen LogP contribution in [0.25, 0.3) is 0 Å². The fourth-order valence-electron chi connectivity index (χ4n) is 1.43. The summed E-state index contributed by atoms with van der Waals surface area (Å²) in [6.45, 7) is 1.91. The molecule has 0 radical (unpaired) electrons. The molecule has 0 aliphatic rings. The molecule has 0 amide bonds. The van der Waals surface area contributed by atoms with Crippen LogP contribution in [0.4, 0.5) is 0 Å². The Hall–Kier alpha value is -1.06. The highest BCUT2D eigenvalue weighted by molar-refractivity contribution is 6.31. The number of nitrogens with two attached hydrogens (primary N) is 1. The van der Waals surface area contributed by atoms with Crippen LogP contribution in [0.5, 0.6) is 0 Å². The second-order valence-electron chi connectivity index (χ2n) is 3.65. The van der Waals surface area contributed by atoms with Gasteiger partial charge in [0.05, 0.1) is 6.42 Å². The minimum atomic E-state index is -0.867. The van der Waals surface area contributed by atoms with Gasteiger partial charge in [-0.05, 0) is 30.5 Å². The van der Waals surface area contributed by atoms with E-state index in [9.17, 15) is 4.79 Å². The van der Waals surface area contributed by atoms with Crippen LogP contribution in [-0.4, -0.2) is 17.1 Å². The Bertz CT molecular complexity index is 366. The lowest BCUT2D eigenvalue weighted by Crippen LogP contribution is -2.26. The third-order valence-corrected chi connectivity index (χ3v) is 2.58. The summed E-state index contributed by atoms with van der Waals surface area (Å²) in [5, 5.41) is 9.27. The van der Waals surface area contributed by atoms with Crippen molar-refractivity contribution in [2.75, 3.05) is 0 Å². The zero-order chi connectivity index (χ0) is 11.4. The first-order valence-electron chi connectivity index (χ1n) is 4.71. The fraction of sp³-hybridized carbons (Fsp3) is 0.364. The number of hydrogen-bond donors (Lipinski definition) is 2. The number of aliphatic carboxylic acids is 1. The van der Waals surface area contributed by atoms with Gasteiger partial charge in [-0.3, -0.25) is 4.79 Å². The molecule has 0 saturated heterocycles. The first-order chi connectivity index (χ1) is 6.99. The highest BCUT2D eigenvalue weighted by atomic mass is 35.5. The lowest BCUT2D eigenvalue weighted by atomic mass is 10.0. The molecule has 1 aromatic carbocycles. The predicted octanol–water partition coefficient (Wildman–Crippen LogP) is 1.99. The average molecular weight is 228 g/mol. The normalized spacial score (nSPS) is 12.5. The molecular formula is C11H14ClNO2. The standard InChI is InChI=1S/C11H14ClNO2/c1-7-4-8(2-3-10(7)12)5-9(13)6-11(14)15/h2-4,9H,5-6,13H2,1H3,(H,14,15). The van der Waals surface area contributed by atoms with E-state index in [-0.39, 0.29) is 12.5 Å². The van der Waals surface area contributed by atoms with Crippen LogP contribution >= 0.6 is 11.6 Å². The Morgan fingerprint density at radius 1 is 1.60 bits per heavy atom. The number of benzene rings is 1. The SMILES string of the molecule is Cc1cc(CC(N)CC(=O)O)ccc1Cl. The lowest BCUT2D eigenvalue weighted by Gasteiger charge is -2.09. The fourth-order valence-corrected chi connectivity index (χ4v) is 1.55. The van der Waals surface area contributed by atoms with E-state index in [0.717, 1.165) is 11.1 Å². The van der Waals surface area contributed by atoms with Gasteiger partial charge in [0.2, 0.25) is 0 Å². The zero-order valence-corrected chi connectivity index (χ0v) is 9.29. The van der Waals surface area contributed by atoms with Gasteiger partial charge in [0, 0.05) is 11.1 Å². The van der Waals surface area contributed by atoms with E-state index < -0.39 is 5.97 Å². The van der Waals surface area contributed by atoms with E-state index in [2.05, 4.69) is 0 Å². The van der Waals surface area contributed by atoms with E-state index in [4.69, 9.17) is 22.4 Å². The Morgan fingerprint density at radius 2 is 2.27 bits per heavy atom. The van der Waals surface area contributed by atoms with Gasteiger partial charge < -0.3 is 10.8 Å². The summed E-state index contributed by atoms with van der Waals surface area (Å²) in [7, 11) is 0. The summed E-state index contributed by atoms with van der Waals surface area (Å²) in [5.74, 6) is -0.867. The molecule has 0 aromatic heterocycles. The Labute approximate surface area is 93.9 Å². The van der Waals surface area contributed by atoms with Crippen LogP contribution in [0, 0.1) is 6.92 Å². The van der Waals surface area contributed by atoms with Gasteiger partial charge in [-0.15, -0.1) is 0 Å². The van der Waals surface area contributed by atoms with Crippen molar-refractivity contribution < 1.29 is 9.90 Å². The number of hydrogen-bond acceptors (Lipinski definition) is 2. The molecule has 1 rings (SSSR count). The number of aryl methyl sites for hydroxylation is 1. The van der Waals surface area contributed by atoms with E-state index in [0.29, 0.717) is 11.4 Å². The third-order valence-electron chi connectivity index (χ3n) is 2.16. The largest absolute Gasteiger partial charge is 0.481 e. The van der Waals surface area contributed by atoms with Crippen molar-refractivity contribution in [3.05, 3.63) is 34.3 Å². The smallest absolute Gasteiger partial charge is 0.304 e. The summed E-state index contributed by atoms with van der Waals surface area (Å²) < 4.78 is 0. The van der Waals surface area contributed by atoms with Gasteiger partial charge in [-0.1, -0.05) is 23.7 Å². The van der Waals surface area contributed by atoms with Crippen molar-refractivity contribution in [2.45, 2.75) is 25.8 Å². The van der Waals surface area contributed by atoms with Crippen LogP contribution < -0.4 is 5.73 Å². The molecule has 3 N–H and O–H groups in total. The topological polar surface area (TPSA) is 63.3 Å². The molecule has 0 aliphatic heterocycles. The van der Waals surface area contributed by atoms with Crippen LogP contribution in [0.15, 0.2) is 18.2 Å². The maximum absolute atomic E-state index is 10.4. The average Bonchev–Trinajstić information content (AvgIpc) is 2.10. The number of rotatable bonds is 4. The zero-order valence-electron chi connectivity index (χ0n) is 8.53. The first-order valence-corrected chi connectivity index (χ1v) is 5.09. The van der Waals surface area contributed by atoms with Crippen molar-refractivity contribution in [2.24, 2.45) is 5.73 Å². The Balaban J connectivity index is 2.64. The summed E-state index contributed by atoms with van der Waals surface area (Å²) in [6.07, 6.45) is 0.548. The van der Waals surface area contributed by atoms with Gasteiger partial charge in [-0.2, -0.15) is 0 Å². The molecule has 4 heteroatoms. The van der Waals surface area contributed by atoms with Gasteiger partial charge in [-0.25, -0.2) is 0 Å².